The van der Waals surface area contributed by atoms with Gasteiger partial charge in [-0.25, -0.2) is 14.4 Å². The van der Waals surface area contributed by atoms with E-state index in [9.17, 15) is 9.18 Å². The number of anilines is 1. The van der Waals surface area contributed by atoms with Gasteiger partial charge in [0.25, 0.3) is 0 Å². The second-order valence-corrected chi connectivity index (χ2v) is 8.85. The largest absolute Gasteiger partial charge is 0.467 e. The summed E-state index contributed by atoms with van der Waals surface area (Å²) in [4.78, 5) is 24.6. The number of aromatic nitrogens is 2. The Balaban J connectivity index is 1.45. The summed E-state index contributed by atoms with van der Waals surface area (Å²) in [5, 5.41) is 3.94. The number of para-hydroxylation sites is 1. The van der Waals surface area contributed by atoms with Crippen LogP contribution in [0.5, 0.6) is 0 Å². The smallest absolute Gasteiger partial charge is 0.222 e. The highest BCUT2D eigenvalue weighted by molar-refractivity contribution is 5.91. The van der Waals surface area contributed by atoms with Gasteiger partial charge in [0.05, 0.1) is 24.4 Å². The van der Waals surface area contributed by atoms with E-state index in [2.05, 4.69) is 5.32 Å². The summed E-state index contributed by atoms with van der Waals surface area (Å²) >= 11 is 0. The molecule has 0 radical (unpaired) electrons. The summed E-state index contributed by atoms with van der Waals surface area (Å²) in [6, 6.07) is 27.4. The van der Waals surface area contributed by atoms with E-state index in [1.807, 2.05) is 78.6 Å². The summed E-state index contributed by atoms with van der Waals surface area (Å²) in [7, 11) is 0. The zero-order chi connectivity index (χ0) is 25.6. The first kappa shape index (κ1) is 24.2. The minimum absolute atomic E-state index is 0.0575. The minimum Gasteiger partial charge on any atom is -0.467 e. The normalized spacial score (nSPS) is 11.8. The van der Waals surface area contributed by atoms with Gasteiger partial charge in [0.2, 0.25) is 5.91 Å². The van der Waals surface area contributed by atoms with Crippen molar-refractivity contribution in [2.75, 3.05) is 11.4 Å². The number of nitrogens with one attached hydrogen (secondary N) is 1. The van der Waals surface area contributed by atoms with Crippen LogP contribution in [-0.2, 0) is 11.3 Å². The number of hydrogen-bond donors (Lipinski definition) is 1. The maximum atomic E-state index is 13.6. The first-order chi connectivity index (χ1) is 18.1. The second kappa shape index (κ2) is 11.0. The van der Waals surface area contributed by atoms with Crippen molar-refractivity contribution in [2.45, 2.75) is 25.9 Å². The van der Waals surface area contributed by atoms with Crippen LogP contribution in [0, 0.1) is 5.82 Å². The molecule has 2 heterocycles. The van der Waals surface area contributed by atoms with E-state index < -0.39 is 0 Å². The van der Waals surface area contributed by atoms with Crippen molar-refractivity contribution in [3.05, 3.63) is 114 Å². The molecule has 1 unspecified atom stereocenters. The van der Waals surface area contributed by atoms with E-state index in [1.165, 1.54) is 12.1 Å². The Hall–Kier alpha value is -4.52. The number of carbonyl (C=O) groups is 1. The molecule has 0 aliphatic heterocycles. The van der Waals surface area contributed by atoms with Crippen LogP contribution in [-0.4, -0.2) is 22.4 Å². The lowest BCUT2D eigenvalue weighted by Crippen LogP contribution is -2.32. The lowest BCUT2D eigenvalue weighted by Gasteiger charge is -2.25. The van der Waals surface area contributed by atoms with Gasteiger partial charge < -0.3 is 14.6 Å². The van der Waals surface area contributed by atoms with Crippen LogP contribution in [0.4, 0.5) is 10.2 Å². The molecule has 0 saturated carbocycles. The van der Waals surface area contributed by atoms with Crippen LogP contribution >= 0.6 is 0 Å². The quantitative estimate of drug-likeness (QED) is 0.260. The van der Waals surface area contributed by atoms with Gasteiger partial charge >= 0.3 is 0 Å². The zero-order valence-electron chi connectivity index (χ0n) is 20.5. The van der Waals surface area contributed by atoms with Gasteiger partial charge in [-0.15, -0.1) is 0 Å². The Labute approximate surface area is 214 Å². The van der Waals surface area contributed by atoms with Gasteiger partial charge in [0.15, 0.2) is 5.82 Å². The van der Waals surface area contributed by atoms with Crippen LogP contribution in [0.25, 0.3) is 22.3 Å². The van der Waals surface area contributed by atoms with E-state index in [1.54, 1.807) is 18.4 Å². The van der Waals surface area contributed by atoms with Gasteiger partial charge in [0.1, 0.15) is 17.4 Å². The van der Waals surface area contributed by atoms with Crippen LogP contribution < -0.4 is 10.2 Å². The molecular formula is C30H27FN4O2. The number of fused-ring (bicyclic) bond motifs is 1. The van der Waals surface area contributed by atoms with Crippen molar-refractivity contribution in [1.29, 1.82) is 0 Å². The molecule has 0 fully saturated rings. The van der Waals surface area contributed by atoms with E-state index in [0.717, 1.165) is 22.2 Å². The van der Waals surface area contributed by atoms with Gasteiger partial charge in [-0.2, -0.15) is 0 Å². The summed E-state index contributed by atoms with van der Waals surface area (Å²) in [5.74, 6) is 1.55. The molecule has 0 aliphatic carbocycles. The Morgan fingerprint density at radius 2 is 1.70 bits per heavy atom. The fourth-order valence-electron chi connectivity index (χ4n) is 4.25. The molecule has 5 aromatic rings. The number of amides is 1. The Morgan fingerprint density at radius 3 is 2.46 bits per heavy atom. The van der Waals surface area contributed by atoms with Crippen LogP contribution in [0.1, 0.15) is 30.7 Å². The first-order valence-electron chi connectivity index (χ1n) is 12.2. The molecule has 3 aromatic carbocycles. The summed E-state index contributed by atoms with van der Waals surface area (Å²) in [6.07, 6.45) is 1.89. The van der Waals surface area contributed by atoms with Crippen LogP contribution in [0.3, 0.4) is 0 Å². The van der Waals surface area contributed by atoms with Crippen molar-refractivity contribution in [3.8, 4) is 11.4 Å². The van der Waals surface area contributed by atoms with Gasteiger partial charge in [-0.3, -0.25) is 4.79 Å². The molecular weight excluding hydrogens is 467 g/mol. The summed E-state index contributed by atoms with van der Waals surface area (Å²) in [6.45, 7) is 2.82. The molecule has 0 bridgehead atoms. The highest BCUT2D eigenvalue weighted by atomic mass is 19.1. The average molecular weight is 495 g/mol. The molecule has 1 N–H and O–H groups in total. The number of benzene rings is 3. The van der Waals surface area contributed by atoms with Crippen molar-refractivity contribution in [2.24, 2.45) is 0 Å². The molecule has 6 nitrogen and oxygen atoms in total. The third kappa shape index (κ3) is 5.83. The summed E-state index contributed by atoms with van der Waals surface area (Å²) in [5.41, 5.74) is 2.52. The monoisotopic (exact) mass is 494 g/mol. The third-order valence-electron chi connectivity index (χ3n) is 6.20. The molecule has 0 aliphatic rings. The van der Waals surface area contributed by atoms with Crippen LogP contribution in [0.2, 0.25) is 0 Å². The van der Waals surface area contributed by atoms with E-state index in [0.29, 0.717) is 30.3 Å². The third-order valence-corrected chi connectivity index (χ3v) is 6.20. The fourth-order valence-corrected chi connectivity index (χ4v) is 4.25. The highest BCUT2D eigenvalue weighted by Crippen LogP contribution is 2.29. The number of rotatable bonds is 9. The number of nitrogens with zero attached hydrogens (tertiary/aromatic N) is 3. The molecule has 0 spiro atoms. The number of carbonyl (C=O) groups excluding carboxylic acids is 1. The predicted molar refractivity (Wildman–Crippen MR) is 142 cm³/mol. The maximum absolute atomic E-state index is 13.6. The number of halogens is 1. The predicted octanol–water partition coefficient (Wildman–Crippen LogP) is 6.30. The lowest BCUT2D eigenvalue weighted by molar-refractivity contribution is -0.121. The molecule has 7 heteroatoms. The standard InChI is InChI=1S/C30H27FN4O2/c1-21(22-8-3-2-4-9-22)32-28(36)17-18-35(20-25-10-7-19-37-25)30-26-11-5-6-12-27(26)33-29(34-30)23-13-15-24(31)16-14-23/h2-16,19,21H,17-18,20H2,1H3,(H,32,36). The van der Waals surface area contributed by atoms with Crippen molar-refractivity contribution in [3.63, 3.8) is 0 Å². The second-order valence-electron chi connectivity index (χ2n) is 8.85. The average Bonchev–Trinajstić information content (AvgIpc) is 3.44. The van der Waals surface area contributed by atoms with E-state index in [-0.39, 0.29) is 24.2 Å². The Kier molecular flexibility index (Phi) is 7.21. The molecule has 2 aromatic heterocycles. The Morgan fingerprint density at radius 1 is 0.946 bits per heavy atom. The molecule has 5 rings (SSSR count). The van der Waals surface area contributed by atoms with Gasteiger partial charge in [0, 0.05) is 23.9 Å². The Bertz CT molecular complexity index is 1470. The molecule has 1 atom stereocenters. The molecule has 0 saturated heterocycles. The van der Waals surface area contributed by atoms with Gasteiger partial charge in [-0.05, 0) is 61.0 Å². The van der Waals surface area contributed by atoms with Crippen LogP contribution in [0.15, 0.2) is 102 Å². The number of furan rings is 1. The van der Waals surface area contributed by atoms with Crippen molar-refractivity contribution < 1.29 is 13.6 Å². The maximum Gasteiger partial charge on any atom is 0.222 e. The summed E-state index contributed by atoms with van der Waals surface area (Å²) < 4.78 is 19.2. The van der Waals surface area contributed by atoms with E-state index in [4.69, 9.17) is 14.4 Å². The fraction of sp³-hybridized carbons (Fsp3) is 0.167. The molecule has 37 heavy (non-hydrogen) atoms. The van der Waals surface area contributed by atoms with E-state index >= 15 is 0 Å². The zero-order valence-corrected chi connectivity index (χ0v) is 20.5. The van der Waals surface area contributed by atoms with Crippen molar-refractivity contribution in [1.82, 2.24) is 15.3 Å². The SMILES string of the molecule is CC(NC(=O)CCN(Cc1ccco1)c1nc(-c2ccc(F)cc2)nc2ccccc12)c1ccccc1. The van der Waals surface area contributed by atoms with Gasteiger partial charge in [-0.1, -0.05) is 42.5 Å². The van der Waals surface area contributed by atoms with Crippen molar-refractivity contribution >= 4 is 22.6 Å². The first-order valence-corrected chi connectivity index (χ1v) is 12.2. The molecule has 186 valence electrons. The topological polar surface area (TPSA) is 71.3 Å². The minimum atomic E-state index is -0.319. The highest BCUT2D eigenvalue weighted by Gasteiger charge is 2.19. The molecule has 1 amide bonds. The number of hydrogen-bond acceptors (Lipinski definition) is 5. The lowest BCUT2D eigenvalue weighted by atomic mass is 10.1.